The van der Waals surface area contributed by atoms with E-state index in [9.17, 15) is 19.8 Å². The first-order valence-corrected chi connectivity index (χ1v) is 9.42. The molecule has 0 aromatic carbocycles. The van der Waals surface area contributed by atoms with Crippen LogP contribution in [0.4, 0.5) is 0 Å². The highest BCUT2D eigenvalue weighted by Gasteiger charge is 2.21. The highest BCUT2D eigenvalue weighted by atomic mass is 16.3. The molecule has 1 aliphatic rings. The molecule has 3 unspecified atom stereocenters. The minimum Gasteiger partial charge on any atom is -0.385 e. The zero-order chi connectivity index (χ0) is 17.1. The van der Waals surface area contributed by atoms with Crippen molar-refractivity contribution in [1.82, 2.24) is 0 Å². The fourth-order valence-electron chi connectivity index (χ4n) is 3.24. The van der Waals surface area contributed by atoms with E-state index in [0.717, 1.165) is 32.1 Å². The summed E-state index contributed by atoms with van der Waals surface area (Å²) in [7, 11) is 0. The van der Waals surface area contributed by atoms with Crippen LogP contribution in [0.25, 0.3) is 0 Å². The van der Waals surface area contributed by atoms with Crippen LogP contribution in [-0.2, 0) is 9.59 Å². The highest BCUT2D eigenvalue weighted by Crippen LogP contribution is 2.18. The van der Waals surface area contributed by atoms with Crippen molar-refractivity contribution in [3.63, 3.8) is 0 Å². The molecule has 1 saturated carbocycles. The summed E-state index contributed by atoms with van der Waals surface area (Å²) in [5.41, 5.74) is 0. The quantitative estimate of drug-likeness (QED) is 0.713. The third-order valence-corrected chi connectivity index (χ3v) is 4.88. The minimum atomic E-state index is -1.04. The van der Waals surface area contributed by atoms with Gasteiger partial charge in [0, 0.05) is 12.8 Å². The van der Waals surface area contributed by atoms with E-state index in [4.69, 9.17) is 0 Å². The van der Waals surface area contributed by atoms with E-state index in [1.54, 1.807) is 0 Å². The molecule has 1 aliphatic carbocycles. The molecule has 23 heavy (non-hydrogen) atoms. The molecule has 0 amide bonds. The molecule has 2 N–H and O–H groups in total. The maximum absolute atomic E-state index is 12.0. The number of hydrogen-bond acceptors (Lipinski definition) is 4. The molecule has 0 spiro atoms. The summed E-state index contributed by atoms with van der Waals surface area (Å²) < 4.78 is 0. The van der Waals surface area contributed by atoms with Crippen molar-refractivity contribution >= 4 is 11.6 Å². The number of ketones is 2. The first kappa shape index (κ1) is 20.3. The molecule has 0 saturated heterocycles. The van der Waals surface area contributed by atoms with Crippen LogP contribution < -0.4 is 0 Å². The number of rotatable bonds is 0. The minimum absolute atomic E-state index is 0.154. The monoisotopic (exact) mass is 326 g/mol. The van der Waals surface area contributed by atoms with E-state index < -0.39 is 12.2 Å². The average Bonchev–Trinajstić information content (AvgIpc) is 2.52. The van der Waals surface area contributed by atoms with E-state index in [-0.39, 0.29) is 24.4 Å². The molecule has 4 heteroatoms. The second kappa shape index (κ2) is 11.7. The molecule has 0 radical (unpaired) electrons. The Morgan fingerprint density at radius 3 is 1.78 bits per heavy atom. The normalized spacial score (nSPS) is 31.3. The van der Waals surface area contributed by atoms with E-state index >= 15 is 0 Å². The molecule has 0 aliphatic heterocycles. The number of Topliss-reactive ketones (excluding diaryl/α,β-unsaturated/α-hetero) is 2. The smallest absolute Gasteiger partial charge is 0.161 e. The standard InChI is InChI=1S/C19H34O4/c1-15-10-8-6-4-2-3-5-7-9-11-16(20)17(21)12-13-18(22)19(23)14-15/h15,17-18,21-22H,2-14H2,1H3. The maximum Gasteiger partial charge on any atom is 0.161 e. The lowest BCUT2D eigenvalue weighted by atomic mass is 9.93. The molecule has 0 bridgehead atoms. The summed E-state index contributed by atoms with van der Waals surface area (Å²) in [5, 5.41) is 19.8. The van der Waals surface area contributed by atoms with Crippen molar-refractivity contribution in [2.45, 2.75) is 103 Å². The van der Waals surface area contributed by atoms with Crippen molar-refractivity contribution in [3.8, 4) is 0 Å². The lowest BCUT2D eigenvalue weighted by Gasteiger charge is -2.16. The predicted molar refractivity (Wildman–Crippen MR) is 91.2 cm³/mol. The van der Waals surface area contributed by atoms with Gasteiger partial charge in [-0.25, -0.2) is 0 Å². The summed E-state index contributed by atoms with van der Waals surface area (Å²) in [4.78, 5) is 23.8. The summed E-state index contributed by atoms with van der Waals surface area (Å²) in [6.07, 6.45) is 9.20. The Kier molecular flexibility index (Phi) is 10.4. The van der Waals surface area contributed by atoms with Gasteiger partial charge in [-0.2, -0.15) is 0 Å². The second-order valence-electron chi connectivity index (χ2n) is 7.22. The van der Waals surface area contributed by atoms with E-state index in [1.165, 1.54) is 25.7 Å². The number of carbonyl (C=O) groups excluding carboxylic acids is 2. The Balaban J connectivity index is 2.47. The van der Waals surface area contributed by atoms with Crippen LogP contribution in [0.5, 0.6) is 0 Å². The molecule has 134 valence electrons. The lowest BCUT2D eigenvalue weighted by molar-refractivity contribution is -0.131. The number of hydrogen-bond donors (Lipinski definition) is 2. The first-order valence-electron chi connectivity index (χ1n) is 9.42. The Hall–Kier alpha value is -0.740. The molecule has 0 aromatic heterocycles. The van der Waals surface area contributed by atoms with E-state index in [2.05, 4.69) is 6.92 Å². The molecule has 4 nitrogen and oxygen atoms in total. The van der Waals surface area contributed by atoms with Gasteiger partial charge in [0.15, 0.2) is 11.6 Å². The first-order chi connectivity index (χ1) is 11.0. The van der Waals surface area contributed by atoms with Gasteiger partial charge in [0.05, 0.1) is 0 Å². The van der Waals surface area contributed by atoms with Crippen LogP contribution in [0, 0.1) is 5.92 Å². The van der Waals surface area contributed by atoms with E-state index in [0.29, 0.717) is 18.8 Å². The summed E-state index contributed by atoms with van der Waals surface area (Å²) in [6.45, 7) is 2.06. The molecule has 0 aromatic rings. The largest absolute Gasteiger partial charge is 0.385 e. The molecular formula is C19H34O4. The fourth-order valence-corrected chi connectivity index (χ4v) is 3.24. The topological polar surface area (TPSA) is 74.6 Å². The van der Waals surface area contributed by atoms with Gasteiger partial charge in [0.2, 0.25) is 0 Å². The fraction of sp³-hybridized carbons (Fsp3) is 0.895. The highest BCUT2D eigenvalue weighted by molar-refractivity contribution is 5.84. The molecule has 1 fully saturated rings. The van der Waals surface area contributed by atoms with Crippen LogP contribution >= 0.6 is 0 Å². The third-order valence-electron chi connectivity index (χ3n) is 4.88. The Labute approximate surface area is 140 Å². The predicted octanol–water partition coefficient (Wildman–Crippen LogP) is 3.57. The second-order valence-corrected chi connectivity index (χ2v) is 7.22. The van der Waals surface area contributed by atoms with Crippen molar-refractivity contribution in [2.24, 2.45) is 5.92 Å². The third kappa shape index (κ3) is 9.21. The SMILES string of the molecule is CC1CCCCCCCCCCC(=O)C(O)CCC(O)C(=O)C1. The van der Waals surface area contributed by atoms with Gasteiger partial charge in [-0.3, -0.25) is 9.59 Å². The van der Waals surface area contributed by atoms with Gasteiger partial charge in [0.25, 0.3) is 0 Å². The van der Waals surface area contributed by atoms with Crippen molar-refractivity contribution in [1.29, 1.82) is 0 Å². The van der Waals surface area contributed by atoms with Crippen LogP contribution in [-0.4, -0.2) is 34.0 Å². The van der Waals surface area contributed by atoms with Gasteiger partial charge in [-0.1, -0.05) is 58.3 Å². The van der Waals surface area contributed by atoms with Crippen LogP contribution in [0.15, 0.2) is 0 Å². The summed E-state index contributed by atoms with van der Waals surface area (Å²) in [6, 6.07) is 0. The lowest BCUT2D eigenvalue weighted by Crippen LogP contribution is -2.27. The molecular weight excluding hydrogens is 292 g/mol. The van der Waals surface area contributed by atoms with Gasteiger partial charge in [0.1, 0.15) is 12.2 Å². The van der Waals surface area contributed by atoms with Crippen LogP contribution in [0.3, 0.4) is 0 Å². The number of carbonyl (C=O) groups is 2. The van der Waals surface area contributed by atoms with Crippen molar-refractivity contribution in [2.75, 3.05) is 0 Å². The summed E-state index contributed by atoms with van der Waals surface area (Å²) >= 11 is 0. The summed E-state index contributed by atoms with van der Waals surface area (Å²) in [5.74, 6) is -0.0139. The zero-order valence-electron chi connectivity index (χ0n) is 14.6. The number of aliphatic hydroxyl groups is 2. The van der Waals surface area contributed by atoms with Crippen molar-refractivity contribution < 1.29 is 19.8 Å². The van der Waals surface area contributed by atoms with Crippen LogP contribution in [0.1, 0.15) is 90.4 Å². The van der Waals surface area contributed by atoms with E-state index in [1.807, 2.05) is 0 Å². The van der Waals surface area contributed by atoms with Crippen LogP contribution in [0.2, 0.25) is 0 Å². The average molecular weight is 326 g/mol. The van der Waals surface area contributed by atoms with Crippen molar-refractivity contribution in [3.05, 3.63) is 0 Å². The Bertz CT molecular complexity index is 353. The molecule has 1 rings (SSSR count). The number of aliphatic hydroxyl groups excluding tert-OH is 2. The molecule has 3 atom stereocenters. The van der Waals surface area contributed by atoms with Gasteiger partial charge in [-0.15, -0.1) is 0 Å². The van der Waals surface area contributed by atoms with Gasteiger partial charge >= 0.3 is 0 Å². The van der Waals surface area contributed by atoms with Gasteiger partial charge < -0.3 is 10.2 Å². The van der Waals surface area contributed by atoms with Gasteiger partial charge in [-0.05, 0) is 25.2 Å². The Morgan fingerprint density at radius 2 is 1.17 bits per heavy atom. The zero-order valence-corrected chi connectivity index (χ0v) is 14.6. The molecule has 0 heterocycles. The Morgan fingerprint density at radius 1 is 0.696 bits per heavy atom. The maximum atomic E-state index is 12.0.